The molecule has 7 nitrogen and oxygen atoms in total. The van der Waals surface area contributed by atoms with Crippen LogP contribution in [0.4, 0.5) is 0 Å². The molecule has 2 aromatic rings. The summed E-state index contributed by atoms with van der Waals surface area (Å²) in [6, 6.07) is 6.95. The molecule has 1 aromatic carbocycles. The van der Waals surface area contributed by atoms with E-state index < -0.39 is 11.2 Å². The lowest BCUT2D eigenvalue weighted by molar-refractivity contribution is 0.328. The number of aromatic nitrogens is 2. The lowest BCUT2D eigenvalue weighted by Gasteiger charge is -2.11. The zero-order chi connectivity index (χ0) is 18.6. The molecule has 1 heterocycles. The molecule has 134 valence electrons. The van der Waals surface area contributed by atoms with Gasteiger partial charge in [0.15, 0.2) is 0 Å². The van der Waals surface area contributed by atoms with E-state index in [4.69, 9.17) is 16.3 Å². The summed E-state index contributed by atoms with van der Waals surface area (Å²) in [4.78, 5) is 28.5. The number of nitrogens with zero attached hydrogens (tertiary/aromatic N) is 3. The van der Waals surface area contributed by atoms with E-state index in [0.29, 0.717) is 36.1 Å². The van der Waals surface area contributed by atoms with E-state index in [0.717, 1.165) is 9.13 Å². The summed E-state index contributed by atoms with van der Waals surface area (Å²) in [6.07, 6.45) is 0.432. The molecule has 0 aliphatic rings. The third-order valence-corrected chi connectivity index (χ3v) is 3.99. The number of benzene rings is 1. The number of hydrogen-bond donors (Lipinski definition) is 1. The maximum Gasteiger partial charge on any atom is 0.333 e. The second-order valence-corrected chi connectivity index (χ2v) is 5.83. The molecule has 25 heavy (non-hydrogen) atoms. The molecule has 0 atom stereocenters. The molecule has 0 aliphatic carbocycles. The SMILES string of the molecule is CCC(=NCCOc1ccc(Cl)cc1)c1c(O)n(C)c(=O)n(C)c1=O. The minimum absolute atomic E-state index is 0.0404. The van der Waals surface area contributed by atoms with Crippen LogP contribution in [0.1, 0.15) is 18.9 Å². The number of aromatic hydroxyl groups is 1. The molecule has 2 rings (SSSR count). The van der Waals surface area contributed by atoms with Gasteiger partial charge in [-0.1, -0.05) is 18.5 Å². The van der Waals surface area contributed by atoms with Crippen LogP contribution in [-0.4, -0.2) is 33.1 Å². The Morgan fingerprint density at radius 2 is 1.84 bits per heavy atom. The predicted octanol–water partition coefficient (Wildman–Crippen LogP) is 1.72. The average molecular weight is 366 g/mol. The molecule has 0 radical (unpaired) electrons. The largest absolute Gasteiger partial charge is 0.494 e. The first-order chi connectivity index (χ1) is 11.9. The van der Waals surface area contributed by atoms with Gasteiger partial charge in [0.2, 0.25) is 5.88 Å². The first-order valence-corrected chi connectivity index (χ1v) is 8.15. The van der Waals surface area contributed by atoms with Crippen LogP contribution in [0.15, 0.2) is 38.8 Å². The van der Waals surface area contributed by atoms with Crippen LogP contribution in [0.25, 0.3) is 0 Å². The van der Waals surface area contributed by atoms with Gasteiger partial charge >= 0.3 is 5.69 Å². The van der Waals surface area contributed by atoms with Crippen LogP contribution in [-0.2, 0) is 14.1 Å². The zero-order valence-electron chi connectivity index (χ0n) is 14.3. The summed E-state index contributed by atoms with van der Waals surface area (Å²) in [5.41, 5.74) is -0.695. The van der Waals surface area contributed by atoms with Gasteiger partial charge in [-0.05, 0) is 30.7 Å². The Morgan fingerprint density at radius 1 is 1.20 bits per heavy atom. The van der Waals surface area contributed by atoms with Crippen molar-refractivity contribution in [1.82, 2.24) is 9.13 Å². The Morgan fingerprint density at radius 3 is 2.44 bits per heavy atom. The molecule has 0 spiro atoms. The lowest BCUT2D eigenvalue weighted by Crippen LogP contribution is -2.40. The standard InChI is InChI=1S/C17H20ClN3O4/c1-4-13(14-15(22)20(2)17(24)21(3)16(14)23)19-9-10-25-12-7-5-11(18)6-8-12/h5-8,22H,4,9-10H2,1-3H3. The quantitative estimate of drug-likeness (QED) is 0.624. The van der Waals surface area contributed by atoms with Gasteiger partial charge in [-0.2, -0.15) is 0 Å². The normalized spacial score (nSPS) is 11.6. The summed E-state index contributed by atoms with van der Waals surface area (Å²) in [5.74, 6) is 0.283. The Bertz CT molecular complexity index is 898. The third-order valence-electron chi connectivity index (χ3n) is 3.73. The van der Waals surface area contributed by atoms with E-state index >= 15 is 0 Å². The Kier molecular flexibility index (Phi) is 6.03. The van der Waals surface area contributed by atoms with Gasteiger partial charge in [0.25, 0.3) is 5.56 Å². The monoisotopic (exact) mass is 365 g/mol. The molecule has 1 aromatic heterocycles. The number of rotatable bonds is 6. The van der Waals surface area contributed by atoms with Crippen molar-refractivity contribution >= 4 is 17.3 Å². The molecule has 0 fully saturated rings. The van der Waals surface area contributed by atoms with E-state index in [9.17, 15) is 14.7 Å². The average Bonchev–Trinajstić information content (AvgIpc) is 2.61. The minimum atomic E-state index is -0.590. The van der Waals surface area contributed by atoms with Crippen molar-refractivity contribution in [2.45, 2.75) is 13.3 Å². The molecule has 0 saturated carbocycles. The van der Waals surface area contributed by atoms with Crippen LogP contribution in [0.5, 0.6) is 11.6 Å². The van der Waals surface area contributed by atoms with Crippen molar-refractivity contribution < 1.29 is 9.84 Å². The van der Waals surface area contributed by atoms with Crippen molar-refractivity contribution in [2.24, 2.45) is 19.1 Å². The van der Waals surface area contributed by atoms with Crippen LogP contribution < -0.4 is 16.0 Å². The van der Waals surface area contributed by atoms with Gasteiger partial charge < -0.3 is 9.84 Å². The smallest absolute Gasteiger partial charge is 0.333 e. The Hall–Kier alpha value is -2.54. The summed E-state index contributed by atoms with van der Waals surface area (Å²) in [6.45, 7) is 2.43. The maximum atomic E-state index is 12.3. The summed E-state index contributed by atoms with van der Waals surface area (Å²) < 4.78 is 7.52. The fraction of sp³-hybridized carbons (Fsp3) is 0.353. The molecule has 0 unspecified atom stereocenters. The van der Waals surface area contributed by atoms with Gasteiger partial charge in [0, 0.05) is 19.1 Å². The molecule has 1 N–H and O–H groups in total. The topological polar surface area (TPSA) is 85.8 Å². The van der Waals surface area contributed by atoms with Gasteiger partial charge in [0.1, 0.15) is 17.9 Å². The van der Waals surface area contributed by atoms with Crippen LogP contribution in [0, 0.1) is 0 Å². The second-order valence-electron chi connectivity index (χ2n) is 5.39. The fourth-order valence-electron chi connectivity index (χ4n) is 2.33. The second kappa shape index (κ2) is 8.02. The highest BCUT2D eigenvalue weighted by Gasteiger charge is 2.18. The van der Waals surface area contributed by atoms with Gasteiger partial charge in [-0.15, -0.1) is 0 Å². The number of ether oxygens (including phenoxy) is 1. The van der Waals surface area contributed by atoms with Gasteiger partial charge in [0.05, 0.1) is 12.3 Å². The van der Waals surface area contributed by atoms with Crippen molar-refractivity contribution in [1.29, 1.82) is 0 Å². The maximum absolute atomic E-state index is 12.3. The molecular weight excluding hydrogens is 346 g/mol. The summed E-state index contributed by atoms with van der Waals surface area (Å²) in [5, 5.41) is 10.8. The van der Waals surface area contributed by atoms with Crippen LogP contribution >= 0.6 is 11.6 Å². The van der Waals surface area contributed by atoms with Crippen molar-refractivity contribution in [3.05, 3.63) is 55.7 Å². The first kappa shape index (κ1) is 18.8. The number of hydrogen-bond acceptors (Lipinski definition) is 5. The van der Waals surface area contributed by atoms with Gasteiger partial charge in [-0.3, -0.25) is 18.9 Å². The predicted molar refractivity (Wildman–Crippen MR) is 97.2 cm³/mol. The number of aliphatic imine (C=N–C) groups is 1. The van der Waals surface area contributed by atoms with E-state index in [1.807, 2.05) is 6.92 Å². The Labute approximate surface area is 149 Å². The van der Waals surface area contributed by atoms with Crippen molar-refractivity contribution in [3.63, 3.8) is 0 Å². The van der Waals surface area contributed by atoms with Crippen molar-refractivity contribution in [2.75, 3.05) is 13.2 Å². The van der Waals surface area contributed by atoms with Crippen molar-refractivity contribution in [3.8, 4) is 11.6 Å². The molecular formula is C17H20ClN3O4. The summed E-state index contributed by atoms with van der Waals surface area (Å²) >= 11 is 5.81. The highest BCUT2D eigenvalue weighted by atomic mass is 35.5. The lowest BCUT2D eigenvalue weighted by atomic mass is 10.1. The van der Waals surface area contributed by atoms with E-state index in [-0.39, 0.29) is 11.4 Å². The van der Waals surface area contributed by atoms with Gasteiger partial charge in [-0.25, -0.2) is 4.79 Å². The summed E-state index contributed by atoms with van der Waals surface area (Å²) in [7, 11) is 2.77. The van der Waals surface area contributed by atoms with E-state index in [1.54, 1.807) is 24.3 Å². The first-order valence-electron chi connectivity index (χ1n) is 7.77. The highest BCUT2D eigenvalue weighted by Crippen LogP contribution is 2.15. The van der Waals surface area contributed by atoms with Crippen LogP contribution in [0.3, 0.4) is 0 Å². The molecule has 0 amide bonds. The number of halogens is 1. The van der Waals surface area contributed by atoms with E-state index in [1.165, 1.54) is 14.1 Å². The minimum Gasteiger partial charge on any atom is -0.494 e. The third kappa shape index (κ3) is 4.11. The molecule has 0 aliphatic heterocycles. The van der Waals surface area contributed by atoms with E-state index in [2.05, 4.69) is 4.99 Å². The fourth-order valence-corrected chi connectivity index (χ4v) is 2.45. The highest BCUT2D eigenvalue weighted by molar-refractivity contribution is 6.30. The molecule has 0 saturated heterocycles. The molecule has 0 bridgehead atoms. The zero-order valence-corrected chi connectivity index (χ0v) is 15.1. The molecule has 8 heteroatoms. The Balaban J connectivity index is 2.19. The van der Waals surface area contributed by atoms with Crippen LogP contribution in [0.2, 0.25) is 5.02 Å².